The maximum absolute atomic E-state index is 12.5. The van der Waals surface area contributed by atoms with Crippen molar-refractivity contribution >= 4 is 22.1 Å². The van der Waals surface area contributed by atoms with Gasteiger partial charge in [0.1, 0.15) is 5.82 Å². The number of urea groups is 1. The Bertz CT molecular complexity index is 1180. The molecule has 0 unspecified atom stereocenters. The van der Waals surface area contributed by atoms with Crippen LogP contribution in [0.3, 0.4) is 0 Å². The van der Waals surface area contributed by atoms with Crippen molar-refractivity contribution in [2.24, 2.45) is 5.14 Å². The van der Waals surface area contributed by atoms with Gasteiger partial charge in [0.15, 0.2) is 0 Å². The molecule has 0 atom stereocenters. The van der Waals surface area contributed by atoms with Crippen LogP contribution in [0, 0.1) is 0 Å². The molecule has 2 amide bonds. The topological polar surface area (TPSA) is 117 Å². The lowest BCUT2D eigenvalue weighted by atomic mass is 9.98. The van der Waals surface area contributed by atoms with Crippen LogP contribution in [0.25, 0.3) is 11.1 Å². The van der Waals surface area contributed by atoms with Crippen molar-refractivity contribution in [1.82, 2.24) is 14.6 Å². The molecule has 9 heteroatoms. The first-order chi connectivity index (χ1) is 14.9. The molecule has 0 saturated heterocycles. The minimum atomic E-state index is -3.68. The molecule has 0 fully saturated rings. The lowest BCUT2D eigenvalue weighted by molar-refractivity contribution is 0.203. The SMILES string of the molecule is NS(=O)(=O)NCCc1ccc(-c2ccnc3c2CN(Cc2ccccc2)C(=O)N3)cc1. The second-order valence-electron chi connectivity index (χ2n) is 7.34. The Hall–Kier alpha value is -3.27. The fraction of sp³-hybridized carbons (Fsp3) is 0.182. The highest BCUT2D eigenvalue weighted by Crippen LogP contribution is 2.32. The number of carbonyl (C=O) groups excluding carboxylic acids is 1. The predicted molar refractivity (Wildman–Crippen MR) is 119 cm³/mol. The van der Waals surface area contributed by atoms with Gasteiger partial charge in [0.05, 0.1) is 6.54 Å². The van der Waals surface area contributed by atoms with Crippen LogP contribution in [0.1, 0.15) is 16.7 Å². The monoisotopic (exact) mass is 437 g/mol. The fourth-order valence-electron chi connectivity index (χ4n) is 3.59. The molecule has 31 heavy (non-hydrogen) atoms. The van der Waals surface area contributed by atoms with E-state index in [2.05, 4.69) is 15.0 Å². The molecule has 0 bridgehead atoms. The van der Waals surface area contributed by atoms with Gasteiger partial charge in [-0.25, -0.2) is 19.6 Å². The molecular weight excluding hydrogens is 414 g/mol. The molecule has 0 radical (unpaired) electrons. The summed E-state index contributed by atoms with van der Waals surface area (Å²) in [7, 11) is -3.68. The van der Waals surface area contributed by atoms with E-state index in [-0.39, 0.29) is 12.6 Å². The van der Waals surface area contributed by atoms with Gasteiger partial charge >= 0.3 is 6.03 Å². The highest BCUT2D eigenvalue weighted by atomic mass is 32.2. The summed E-state index contributed by atoms with van der Waals surface area (Å²) in [5, 5.41) is 7.85. The van der Waals surface area contributed by atoms with Gasteiger partial charge in [-0.2, -0.15) is 8.42 Å². The number of nitrogens with one attached hydrogen (secondary N) is 2. The number of benzene rings is 2. The summed E-state index contributed by atoms with van der Waals surface area (Å²) in [6, 6.07) is 19.5. The number of hydrogen-bond donors (Lipinski definition) is 3. The fourth-order valence-corrected chi connectivity index (χ4v) is 3.98. The van der Waals surface area contributed by atoms with Crippen LogP contribution in [0.15, 0.2) is 66.9 Å². The van der Waals surface area contributed by atoms with Gasteiger partial charge in [-0.1, -0.05) is 54.6 Å². The quantitative estimate of drug-likeness (QED) is 0.527. The molecule has 1 aromatic heterocycles. The van der Waals surface area contributed by atoms with Crippen molar-refractivity contribution < 1.29 is 13.2 Å². The number of amides is 2. The zero-order chi connectivity index (χ0) is 21.8. The maximum Gasteiger partial charge on any atom is 0.323 e. The number of nitrogens with two attached hydrogens (primary N) is 1. The number of aromatic nitrogens is 1. The number of fused-ring (bicyclic) bond motifs is 1. The van der Waals surface area contributed by atoms with E-state index in [1.807, 2.05) is 60.7 Å². The van der Waals surface area contributed by atoms with Crippen molar-refractivity contribution in [2.75, 3.05) is 11.9 Å². The van der Waals surface area contributed by atoms with Crippen molar-refractivity contribution in [1.29, 1.82) is 0 Å². The number of nitrogens with zero attached hydrogens (tertiary/aromatic N) is 2. The third-order valence-corrected chi connectivity index (χ3v) is 5.72. The van der Waals surface area contributed by atoms with E-state index in [9.17, 15) is 13.2 Å². The Balaban J connectivity index is 1.53. The van der Waals surface area contributed by atoms with Crippen molar-refractivity contribution in [3.05, 3.63) is 83.6 Å². The van der Waals surface area contributed by atoms with Gasteiger partial charge in [0.2, 0.25) is 0 Å². The second kappa shape index (κ2) is 8.84. The molecule has 8 nitrogen and oxygen atoms in total. The van der Waals surface area contributed by atoms with E-state index in [0.717, 1.165) is 27.8 Å². The molecule has 0 aliphatic carbocycles. The van der Waals surface area contributed by atoms with Crippen molar-refractivity contribution in [2.45, 2.75) is 19.5 Å². The van der Waals surface area contributed by atoms with E-state index >= 15 is 0 Å². The first-order valence-electron chi connectivity index (χ1n) is 9.83. The summed E-state index contributed by atoms with van der Waals surface area (Å²) in [4.78, 5) is 18.6. The molecule has 160 valence electrons. The lowest BCUT2D eigenvalue weighted by Crippen LogP contribution is -2.38. The van der Waals surface area contributed by atoms with Gasteiger partial charge in [-0.05, 0) is 34.7 Å². The average molecular weight is 438 g/mol. The van der Waals surface area contributed by atoms with Crippen LogP contribution >= 0.6 is 0 Å². The highest BCUT2D eigenvalue weighted by molar-refractivity contribution is 7.87. The minimum absolute atomic E-state index is 0.168. The van der Waals surface area contributed by atoms with Crippen molar-refractivity contribution in [3.8, 4) is 11.1 Å². The lowest BCUT2D eigenvalue weighted by Gasteiger charge is -2.30. The van der Waals surface area contributed by atoms with Crippen LogP contribution in [0.2, 0.25) is 0 Å². The van der Waals surface area contributed by atoms with E-state index in [1.54, 1.807) is 11.1 Å². The molecule has 4 N–H and O–H groups in total. The number of anilines is 1. The van der Waals surface area contributed by atoms with Crippen LogP contribution in [-0.2, 0) is 29.7 Å². The molecular formula is C22H23N5O3S. The molecule has 0 spiro atoms. The summed E-state index contributed by atoms with van der Waals surface area (Å²) in [6.07, 6.45) is 2.22. The normalized spacial score (nSPS) is 13.6. The summed E-state index contributed by atoms with van der Waals surface area (Å²) >= 11 is 0. The van der Waals surface area contributed by atoms with Crippen LogP contribution in [0.4, 0.5) is 10.6 Å². The number of hydrogen-bond acceptors (Lipinski definition) is 4. The van der Waals surface area contributed by atoms with E-state index in [0.29, 0.717) is 25.3 Å². The molecule has 4 rings (SSSR count). The standard InChI is InChI=1S/C22H23N5O3S/c23-31(29,30)25-13-10-16-6-8-18(9-7-16)19-11-12-24-21-20(19)15-27(22(28)26-21)14-17-4-2-1-3-5-17/h1-9,11-12,25H,10,13-15H2,(H2,23,29,30)(H,24,26,28). The number of carbonyl (C=O) groups is 1. The molecule has 1 aliphatic rings. The second-order valence-corrected chi connectivity index (χ2v) is 8.72. The third kappa shape index (κ3) is 5.26. The maximum atomic E-state index is 12.5. The Morgan fingerprint density at radius 1 is 1.03 bits per heavy atom. The molecule has 2 aromatic carbocycles. The third-order valence-electron chi connectivity index (χ3n) is 5.12. The molecule has 2 heterocycles. The van der Waals surface area contributed by atoms with Gasteiger partial charge < -0.3 is 4.90 Å². The molecule has 0 saturated carbocycles. The van der Waals surface area contributed by atoms with E-state index in [1.165, 1.54) is 0 Å². The Morgan fingerprint density at radius 2 is 1.77 bits per heavy atom. The van der Waals surface area contributed by atoms with Gasteiger partial charge in [0.25, 0.3) is 10.2 Å². The smallest absolute Gasteiger partial charge is 0.316 e. The number of rotatable bonds is 7. The van der Waals surface area contributed by atoms with Crippen molar-refractivity contribution in [3.63, 3.8) is 0 Å². The minimum Gasteiger partial charge on any atom is -0.316 e. The summed E-state index contributed by atoms with van der Waals surface area (Å²) in [5.41, 5.74) is 5.00. The average Bonchev–Trinajstić information content (AvgIpc) is 2.74. The molecule has 1 aliphatic heterocycles. The molecule has 3 aromatic rings. The largest absolute Gasteiger partial charge is 0.323 e. The first kappa shape index (κ1) is 21.0. The van der Waals surface area contributed by atoms with Gasteiger partial charge in [0, 0.05) is 24.8 Å². The first-order valence-corrected chi connectivity index (χ1v) is 11.4. The Labute approximate surface area is 181 Å². The van der Waals surface area contributed by atoms with Crippen LogP contribution in [-0.4, -0.2) is 30.9 Å². The van der Waals surface area contributed by atoms with Gasteiger partial charge in [-0.3, -0.25) is 5.32 Å². The van der Waals surface area contributed by atoms with Gasteiger partial charge in [-0.15, -0.1) is 0 Å². The highest BCUT2D eigenvalue weighted by Gasteiger charge is 2.26. The summed E-state index contributed by atoms with van der Waals surface area (Å²) in [6.45, 7) is 1.21. The zero-order valence-corrected chi connectivity index (χ0v) is 17.6. The Kier molecular flexibility index (Phi) is 5.99. The van der Waals surface area contributed by atoms with Crippen LogP contribution < -0.4 is 15.2 Å². The summed E-state index contributed by atoms with van der Waals surface area (Å²) < 4.78 is 24.3. The zero-order valence-electron chi connectivity index (χ0n) is 16.8. The van der Waals surface area contributed by atoms with E-state index in [4.69, 9.17) is 5.14 Å². The Morgan fingerprint density at radius 3 is 2.48 bits per heavy atom. The van der Waals surface area contributed by atoms with Crippen LogP contribution in [0.5, 0.6) is 0 Å². The number of pyridine rings is 1. The predicted octanol–water partition coefficient (Wildman–Crippen LogP) is 2.63. The van der Waals surface area contributed by atoms with E-state index < -0.39 is 10.2 Å². The summed E-state index contributed by atoms with van der Waals surface area (Å²) in [5.74, 6) is 0.577.